The number of nitrogens with one attached hydrogen (secondary N) is 1. The van der Waals surface area contributed by atoms with E-state index in [0.29, 0.717) is 17.2 Å². The van der Waals surface area contributed by atoms with Gasteiger partial charge in [0.05, 0.1) is 17.7 Å². The van der Waals surface area contributed by atoms with E-state index >= 15 is 0 Å². The van der Waals surface area contributed by atoms with Gasteiger partial charge in [-0.25, -0.2) is 0 Å². The number of rotatable bonds is 3. The Kier molecular flexibility index (Phi) is 4.33. The number of hydrogen-bond acceptors (Lipinski definition) is 3. The fraction of sp³-hybridized carbons (Fsp3) is 0.562. The maximum Gasteiger partial charge on any atom is 0.253 e. The quantitative estimate of drug-likeness (QED) is 0.741. The molecular weight excluding hydrogens is 252 g/mol. The van der Waals surface area contributed by atoms with Crippen LogP contribution in [0.5, 0.6) is 0 Å². The molecule has 1 aliphatic rings. The van der Waals surface area contributed by atoms with Crippen molar-refractivity contribution in [3.63, 3.8) is 0 Å². The maximum atomic E-state index is 12.5. The minimum absolute atomic E-state index is 0.0190. The molecule has 1 saturated carbocycles. The molecule has 1 fully saturated rings. The molecule has 1 aliphatic carbocycles. The summed E-state index contributed by atoms with van der Waals surface area (Å²) >= 11 is 0. The molecule has 1 aromatic carbocycles. The van der Waals surface area contributed by atoms with Gasteiger partial charge in [-0.05, 0) is 37.3 Å². The highest BCUT2D eigenvalue weighted by molar-refractivity contribution is 6.00. The van der Waals surface area contributed by atoms with Crippen LogP contribution in [0, 0.1) is 12.8 Å². The molecule has 0 saturated heterocycles. The monoisotopic (exact) mass is 276 g/mol. The van der Waals surface area contributed by atoms with Crippen LogP contribution >= 0.6 is 0 Å². The second-order valence-corrected chi connectivity index (χ2v) is 6.13. The van der Waals surface area contributed by atoms with Crippen molar-refractivity contribution >= 4 is 11.6 Å². The zero-order chi connectivity index (χ0) is 14.8. The van der Waals surface area contributed by atoms with E-state index in [4.69, 9.17) is 5.73 Å². The third-order valence-corrected chi connectivity index (χ3v) is 4.34. The van der Waals surface area contributed by atoms with Gasteiger partial charge in [-0.2, -0.15) is 0 Å². The maximum absolute atomic E-state index is 12.5. The fourth-order valence-electron chi connectivity index (χ4n) is 3.14. The van der Waals surface area contributed by atoms with Crippen molar-refractivity contribution in [2.45, 2.75) is 45.1 Å². The largest absolute Gasteiger partial charge is 0.398 e. The van der Waals surface area contributed by atoms with Crippen molar-refractivity contribution in [3.05, 3.63) is 29.3 Å². The van der Waals surface area contributed by atoms with Gasteiger partial charge in [-0.3, -0.25) is 4.79 Å². The van der Waals surface area contributed by atoms with E-state index in [1.807, 2.05) is 19.1 Å². The standard InChI is InChI=1S/C16H24N2O2/c1-11-5-4-8-16(9-11,10-19)18-15(20)13-7-3-6-12(2)14(13)17/h3,6-7,11,19H,4-5,8-10,17H2,1-2H3,(H,18,20). The van der Waals surface area contributed by atoms with Gasteiger partial charge in [0.15, 0.2) is 0 Å². The van der Waals surface area contributed by atoms with Gasteiger partial charge >= 0.3 is 0 Å². The Morgan fingerprint density at radius 1 is 1.55 bits per heavy atom. The Labute approximate surface area is 120 Å². The van der Waals surface area contributed by atoms with Crippen LogP contribution in [0.4, 0.5) is 5.69 Å². The average molecular weight is 276 g/mol. The summed E-state index contributed by atoms with van der Waals surface area (Å²) in [5, 5.41) is 12.8. The van der Waals surface area contributed by atoms with Gasteiger partial charge in [0.25, 0.3) is 5.91 Å². The molecule has 4 nitrogen and oxygen atoms in total. The molecule has 0 radical (unpaired) electrons. The Balaban J connectivity index is 2.19. The van der Waals surface area contributed by atoms with Gasteiger partial charge in [-0.15, -0.1) is 0 Å². The first kappa shape index (κ1) is 14.9. The van der Waals surface area contributed by atoms with E-state index < -0.39 is 5.54 Å². The molecule has 0 bridgehead atoms. The molecule has 110 valence electrons. The molecule has 2 atom stereocenters. The topological polar surface area (TPSA) is 75.3 Å². The predicted octanol–water partition coefficient (Wildman–Crippen LogP) is 2.25. The van der Waals surface area contributed by atoms with E-state index in [1.54, 1.807) is 6.07 Å². The van der Waals surface area contributed by atoms with E-state index in [2.05, 4.69) is 12.2 Å². The van der Waals surface area contributed by atoms with Crippen LogP contribution in [-0.2, 0) is 0 Å². The molecule has 1 aromatic rings. The number of nitrogen functional groups attached to an aromatic ring is 1. The number of amides is 1. The molecular formula is C16H24N2O2. The Morgan fingerprint density at radius 2 is 2.30 bits per heavy atom. The van der Waals surface area contributed by atoms with Crippen LogP contribution in [0.15, 0.2) is 18.2 Å². The zero-order valence-corrected chi connectivity index (χ0v) is 12.3. The molecule has 2 unspecified atom stereocenters. The first-order chi connectivity index (χ1) is 9.47. The number of anilines is 1. The first-order valence-corrected chi connectivity index (χ1v) is 7.26. The number of para-hydroxylation sites is 1. The molecule has 20 heavy (non-hydrogen) atoms. The van der Waals surface area contributed by atoms with Crippen LogP contribution in [0.3, 0.4) is 0 Å². The summed E-state index contributed by atoms with van der Waals surface area (Å²) in [6, 6.07) is 5.45. The Morgan fingerprint density at radius 3 is 2.95 bits per heavy atom. The number of hydrogen-bond donors (Lipinski definition) is 3. The summed E-state index contributed by atoms with van der Waals surface area (Å²) < 4.78 is 0. The van der Waals surface area contributed by atoms with E-state index in [9.17, 15) is 9.90 Å². The van der Waals surface area contributed by atoms with Crippen molar-refractivity contribution in [2.24, 2.45) is 5.92 Å². The lowest BCUT2D eigenvalue weighted by molar-refractivity contribution is 0.0698. The average Bonchev–Trinajstić information content (AvgIpc) is 2.41. The molecule has 2 rings (SSSR count). The third-order valence-electron chi connectivity index (χ3n) is 4.34. The summed E-state index contributed by atoms with van der Waals surface area (Å²) in [6.45, 7) is 4.03. The zero-order valence-electron chi connectivity index (χ0n) is 12.3. The van der Waals surface area contributed by atoms with Gasteiger partial charge < -0.3 is 16.2 Å². The van der Waals surface area contributed by atoms with Crippen molar-refractivity contribution in [3.8, 4) is 0 Å². The highest BCUT2D eigenvalue weighted by Crippen LogP contribution is 2.32. The van der Waals surface area contributed by atoms with Crippen molar-refractivity contribution in [2.75, 3.05) is 12.3 Å². The van der Waals surface area contributed by atoms with Gasteiger partial charge in [0, 0.05) is 5.69 Å². The summed E-state index contributed by atoms with van der Waals surface area (Å²) in [7, 11) is 0. The van der Waals surface area contributed by atoms with Crippen molar-refractivity contribution in [1.29, 1.82) is 0 Å². The van der Waals surface area contributed by atoms with Crippen molar-refractivity contribution < 1.29 is 9.90 Å². The van der Waals surface area contributed by atoms with Crippen LogP contribution in [0.1, 0.15) is 48.5 Å². The molecule has 4 N–H and O–H groups in total. The van der Waals surface area contributed by atoms with Crippen LogP contribution in [-0.4, -0.2) is 23.2 Å². The normalized spacial score (nSPS) is 26.2. The van der Waals surface area contributed by atoms with E-state index in [0.717, 1.165) is 31.2 Å². The second kappa shape index (κ2) is 5.83. The highest BCUT2D eigenvalue weighted by atomic mass is 16.3. The molecule has 0 heterocycles. The molecule has 4 heteroatoms. The number of benzene rings is 1. The number of aliphatic hydroxyl groups excluding tert-OH is 1. The Hall–Kier alpha value is -1.55. The van der Waals surface area contributed by atoms with Crippen LogP contribution in [0.2, 0.25) is 0 Å². The Bertz CT molecular complexity index is 501. The van der Waals surface area contributed by atoms with E-state index in [-0.39, 0.29) is 12.5 Å². The first-order valence-electron chi connectivity index (χ1n) is 7.26. The SMILES string of the molecule is Cc1cccc(C(=O)NC2(CO)CCCC(C)C2)c1N. The smallest absolute Gasteiger partial charge is 0.253 e. The summed E-state index contributed by atoms with van der Waals surface area (Å²) in [6.07, 6.45) is 3.84. The minimum Gasteiger partial charge on any atom is -0.398 e. The number of aryl methyl sites for hydroxylation is 1. The highest BCUT2D eigenvalue weighted by Gasteiger charge is 2.36. The van der Waals surface area contributed by atoms with E-state index in [1.165, 1.54) is 0 Å². The lowest BCUT2D eigenvalue weighted by Crippen LogP contribution is -2.54. The number of carbonyl (C=O) groups is 1. The minimum atomic E-state index is -0.495. The number of aliphatic hydroxyl groups is 1. The molecule has 0 aromatic heterocycles. The second-order valence-electron chi connectivity index (χ2n) is 6.13. The van der Waals surface area contributed by atoms with Crippen molar-refractivity contribution in [1.82, 2.24) is 5.32 Å². The molecule has 0 aliphatic heterocycles. The molecule has 0 spiro atoms. The summed E-state index contributed by atoms with van der Waals surface area (Å²) in [4.78, 5) is 12.5. The summed E-state index contributed by atoms with van der Waals surface area (Å²) in [5.41, 5.74) is 7.39. The number of nitrogens with two attached hydrogens (primary N) is 1. The lowest BCUT2D eigenvalue weighted by Gasteiger charge is -2.39. The van der Waals surface area contributed by atoms with Gasteiger partial charge in [0.2, 0.25) is 0 Å². The van der Waals surface area contributed by atoms with Gasteiger partial charge in [-0.1, -0.05) is 31.9 Å². The number of carbonyl (C=O) groups excluding carboxylic acids is 1. The van der Waals surface area contributed by atoms with Crippen LogP contribution < -0.4 is 11.1 Å². The van der Waals surface area contributed by atoms with Gasteiger partial charge in [0.1, 0.15) is 0 Å². The van der Waals surface area contributed by atoms with Crippen LogP contribution in [0.25, 0.3) is 0 Å². The molecule has 1 amide bonds. The predicted molar refractivity (Wildman–Crippen MR) is 80.5 cm³/mol. The lowest BCUT2D eigenvalue weighted by atomic mass is 9.76. The fourth-order valence-corrected chi connectivity index (χ4v) is 3.14. The summed E-state index contributed by atoms with van der Waals surface area (Å²) in [5.74, 6) is 0.334. The third kappa shape index (κ3) is 2.96.